The summed E-state index contributed by atoms with van der Waals surface area (Å²) in [6.45, 7) is 1.94. The summed E-state index contributed by atoms with van der Waals surface area (Å²) in [5.74, 6) is 1.39. The molecule has 206 valence electrons. The van der Waals surface area contributed by atoms with Gasteiger partial charge in [0.05, 0.1) is 11.2 Å². The first kappa shape index (κ1) is 28.1. The van der Waals surface area contributed by atoms with Gasteiger partial charge in [0.1, 0.15) is 0 Å². The number of hydrogen-bond acceptors (Lipinski definition) is 7. The molecule has 8 nitrogen and oxygen atoms in total. The minimum atomic E-state index is -2.48. The number of benzene rings is 1. The number of rotatable bonds is 9. The molecule has 0 amide bonds. The molecule has 0 radical (unpaired) electrons. The van der Waals surface area contributed by atoms with Crippen LogP contribution in [0.1, 0.15) is 59.5 Å². The van der Waals surface area contributed by atoms with Gasteiger partial charge in [0.15, 0.2) is 12.4 Å². The number of fused-ring (bicyclic) bond motifs is 2. The lowest BCUT2D eigenvalue weighted by Crippen LogP contribution is -2.32. The molecule has 0 saturated heterocycles. The van der Waals surface area contributed by atoms with Gasteiger partial charge in [-0.1, -0.05) is 36.3 Å². The largest absolute Gasteiger partial charge is 0.483 e. The Morgan fingerprint density at radius 3 is 2.74 bits per heavy atom. The van der Waals surface area contributed by atoms with E-state index in [0.29, 0.717) is 23.5 Å². The SMILES string of the molecule is Cn1cc2c(C(=O)CC3CCC(CCN4CCc5sc(OCC(F)F)nc5C4)CC3)cccc2n1.O=CO. The summed E-state index contributed by atoms with van der Waals surface area (Å²) in [5.41, 5.74) is 2.66. The van der Waals surface area contributed by atoms with Gasteiger partial charge in [-0.05, 0) is 50.1 Å². The van der Waals surface area contributed by atoms with Crippen molar-refractivity contribution in [3.05, 3.63) is 40.5 Å². The Morgan fingerprint density at radius 1 is 1.26 bits per heavy atom. The average Bonchev–Trinajstić information content (AvgIpc) is 3.49. The van der Waals surface area contributed by atoms with E-state index < -0.39 is 13.0 Å². The molecule has 38 heavy (non-hydrogen) atoms. The van der Waals surface area contributed by atoms with Gasteiger partial charge in [0.2, 0.25) is 0 Å². The molecule has 0 atom stereocenters. The number of hydrogen-bond donors (Lipinski definition) is 1. The third-order valence-electron chi connectivity index (χ3n) is 7.38. The first-order chi connectivity index (χ1) is 18.4. The quantitative estimate of drug-likeness (QED) is 0.290. The Morgan fingerprint density at radius 2 is 2.00 bits per heavy atom. The van der Waals surface area contributed by atoms with Crippen LogP contribution in [0.4, 0.5) is 8.78 Å². The van der Waals surface area contributed by atoms with Gasteiger partial charge < -0.3 is 9.84 Å². The first-order valence-corrected chi connectivity index (χ1v) is 13.8. The highest BCUT2D eigenvalue weighted by molar-refractivity contribution is 7.13. The van der Waals surface area contributed by atoms with Gasteiger partial charge in [-0.25, -0.2) is 13.8 Å². The topological polar surface area (TPSA) is 97.5 Å². The molecule has 5 rings (SSSR count). The van der Waals surface area contributed by atoms with Gasteiger partial charge in [-0.3, -0.25) is 19.2 Å². The van der Waals surface area contributed by atoms with Crippen LogP contribution in [0, 0.1) is 11.8 Å². The third-order valence-corrected chi connectivity index (χ3v) is 8.45. The molecule has 2 aromatic heterocycles. The average molecular weight is 549 g/mol. The fraction of sp³-hybridized carbons (Fsp3) is 0.556. The minimum absolute atomic E-state index is 0.233. The van der Waals surface area contributed by atoms with Crippen LogP contribution in [-0.4, -0.2) is 63.1 Å². The van der Waals surface area contributed by atoms with E-state index in [1.54, 1.807) is 4.68 Å². The van der Waals surface area contributed by atoms with Crippen LogP contribution in [0.25, 0.3) is 10.9 Å². The van der Waals surface area contributed by atoms with Crippen molar-refractivity contribution in [1.82, 2.24) is 19.7 Å². The van der Waals surface area contributed by atoms with Crippen LogP contribution in [-0.2, 0) is 24.8 Å². The molecule has 1 aliphatic heterocycles. The lowest BCUT2D eigenvalue weighted by molar-refractivity contribution is -0.122. The predicted octanol–water partition coefficient (Wildman–Crippen LogP) is 5.20. The molecule has 1 aliphatic carbocycles. The van der Waals surface area contributed by atoms with E-state index in [1.165, 1.54) is 24.2 Å². The van der Waals surface area contributed by atoms with Gasteiger partial charge in [0, 0.05) is 48.6 Å². The first-order valence-electron chi connectivity index (χ1n) is 13.0. The normalized spacial score (nSPS) is 19.6. The van der Waals surface area contributed by atoms with Gasteiger partial charge in [0.25, 0.3) is 18.1 Å². The maximum atomic E-state index is 13.0. The number of ether oxygens (including phenoxy) is 1. The number of carboxylic acid groups (broad SMARTS) is 1. The summed E-state index contributed by atoms with van der Waals surface area (Å²) in [4.78, 5) is 29.4. The number of ketones is 1. The molecule has 1 fully saturated rings. The van der Waals surface area contributed by atoms with Crippen LogP contribution >= 0.6 is 11.3 Å². The number of aromatic nitrogens is 3. The van der Waals surface area contributed by atoms with Crippen molar-refractivity contribution < 1.29 is 28.2 Å². The fourth-order valence-electron chi connectivity index (χ4n) is 5.48. The fourth-order valence-corrected chi connectivity index (χ4v) is 6.40. The minimum Gasteiger partial charge on any atom is -0.483 e. The molecule has 0 bridgehead atoms. The summed E-state index contributed by atoms with van der Waals surface area (Å²) in [7, 11) is 1.89. The highest BCUT2D eigenvalue weighted by atomic mass is 32.1. The molecule has 2 aliphatic rings. The highest BCUT2D eigenvalue weighted by Gasteiger charge is 2.26. The Bertz CT molecular complexity index is 1220. The second-order valence-electron chi connectivity index (χ2n) is 10.0. The second kappa shape index (κ2) is 13.2. The van der Waals surface area contributed by atoms with Crippen molar-refractivity contribution in [2.75, 3.05) is 19.7 Å². The summed E-state index contributed by atoms with van der Waals surface area (Å²) < 4.78 is 31.7. The smallest absolute Gasteiger partial charge is 0.290 e. The molecule has 3 aromatic rings. The summed E-state index contributed by atoms with van der Waals surface area (Å²) in [5, 5.41) is 12.6. The Hall–Kier alpha value is -2.92. The van der Waals surface area contributed by atoms with Crippen molar-refractivity contribution in [3.63, 3.8) is 0 Å². The van der Waals surface area contributed by atoms with Gasteiger partial charge in [-0.2, -0.15) is 5.10 Å². The Labute approximate surface area is 224 Å². The number of carbonyl (C=O) groups excluding carboxylic acids is 1. The molecule has 3 heterocycles. The molecule has 1 N–H and O–H groups in total. The number of thiazole rings is 1. The molecule has 1 saturated carbocycles. The van der Waals surface area contributed by atoms with E-state index in [1.807, 2.05) is 31.4 Å². The van der Waals surface area contributed by atoms with Crippen molar-refractivity contribution in [1.29, 1.82) is 0 Å². The standard InChI is InChI=1S/C26H32F2N4O2S.CH2O2/c1-31-14-20-19(3-2-4-21(20)30-31)23(33)13-18-7-5-17(6-8-18)9-11-32-12-10-24-22(15-32)29-26(35-24)34-16-25(27)28;2-1-3/h2-4,14,17-18,25H,5-13,15-16H2,1H3;1H,(H,2,3). The number of carbonyl (C=O) groups is 2. The Kier molecular flexibility index (Phi) is 9.79. The van der Waals surface area contributed by atoms with Crippen molar-refractivity contribution >= 4 is 34.5 Å². The zero-order chi connectivity index (χ0) is 27.1. The number of halogens is 2. The maximum absolute atomic E-state index is 13.0. The van der Waals surface area contributed by atoms with Crippen molar-refractivity contribution in [2.45, 2.75) is 57.9 Å². The molecule has 11 heteroatoms. The number of aryl methyl sites for hydroxylation is 1. The Balaban J connectivity index is 0.00000107. The van der Waals surface area contributed by atoms with Crippen molar-refractivity contribution in [2.24, 2.45) is 18.9 Å². The number of Topliss-reactive ketones (excluding diaryl/α,β-unsaturated/α-hetero) is 1. The maximum Gasteiger partial charge on any atom is 0.290 e. The van der Waals surface area contributed by atoms with E-state index in [4.69, 9.17) is 14.6 Å². The number of alkyl halides is 2. The molecule has 0 spiro atoms. The van der Waals surface area contributed by atoms with Crippen LogP contribution in [0.15, 0.2) is 24.4 Å². The van der Waals surface area contributed by atoms with Crippen LogP contribution in [0.5, 0.6) is 5.19 Å². The predicted molar refractivity (Wildman–Crippen MR) is 141 cm³/mol. The molecule has 0 unspecified atom stereocenters. The van der Waals surface area contributed by atoms with Crippen LogP contribution in [0.3, 0.4) is 0 Å². The van der Waals surface area contributed by atoms with E-state index in [0.717, 1.165) is 72.4 Å². The molecular formula is C27H34F2N4O4S. The lowest BCUT2D eigenvalue weighted by atomic mass is 9.78. The summed E-state index contributed by atoms with van der Waals surface area (Å²) in [6, 6.07) is 5.80. The lowest BCUT2D eigenvalue weighted by Gasteiger charge is -2.31. The number of nitrogens with zero attached hydrogens (tertiary/aromatic N) is 4. The zero-order valence-electron chi connectivity index (χ0n) is 21.5. The second-order valence-corrected chi connectivity index (χ2v) is 11.1. The van der Waals surface area contributed by atoms with E-state index in [9.17, 15) is 13.6 Å². The van der Waals surface area contributed by atoms with Gasteiger partial charge in [-0.15, -0.1) is 0 Å². The summed E-state index contributed by atoms with van der Waals surface area (Å²) >= 11 is 1.40. The summed E-state index contributed by atoms with van der Waals surface area (Å²) in [6.07, 6.45) is 6.72. The van der Waals surface area contributed by atoms with Crippen LogP contribution < -0.4 is 4.74 Å². The van der Waals surface area contributed by atoms with E-state index >= 15 is 0 Å². The third kappa shape index (κ3) is 7.35. The molecular weight excluding hydrogens is 514 g/mol. The van der Waals surface area contributed by atoms with Crippen LogP contribution in [0.2, 0.25) is 0 Å². The molecule has 1 aromatic carbocycles. The highest BCUT2D eigenvalue weighted by Crippen LogP contribution is 2.35. The monoisotopic (exact) mass is 548 g/mol. The van der Waals surface area contributed by atoms with E-state index in [2.05, 4.69) is 15.0 Å². The van der Waals surface area contributed by atoms with Gasteiger partial charge >= 0.3 is 0 Å². The zero-order valence-corrected chi connectivity index (χ0v) is 22.3. The van der Waals surface area contributed by atoms with E-state index in [-0.39, 0.29) is 12.3 Å². The van der Waals surface area contributed by atoms with Crippen molar-refractivity contribution in [3.8, 4) is 5.19 Å².